The Morgan fingerprint density at radius 1 is 0.324 bits per heavy atom. The normalized spacial score (nSPS) is 14.3. The van der Waals surface area contributed by atoms with Crippen LogP contribution in [0.5, 0.6) is 0 Å². The summed E-state index contributed by atoms with van der Waals surface area (Å²) < 4.78 is 81.8. The molecule has 0 bridgehead atoms. The van der Waals surface area contributed by atoms with E-state index >= 15 is 0 Å². The van der Waals surface area contributed by atoms with Crippen molar-refractivity contribution >= 4 is 123 Å². The van der Waals surface area contributed by atoms with Gasteiger partial charge in [-0.25, -0.2) is 0 Å². The summed E-state index contributed by atoms with van der Waals surface area (Å²) in [7, 11) is 0. The van der Waals surface area contributed by atoms with Gasteiger partial charge in [0.05, 0.1) is 61.1 Å². The molecule has 18 rings (SSSR count). The zero-order valence-electron chi connectivity index (χ0n) is 67.6. The molecular weight excluding hydrogens is 1240 g/mol. The monoisotopic (exact) mass is 1320 g/mol. The molecule has 494 valence electrons. The van der Waals surface area contributed by atoms with Crippen LogP contribution >= 0.6 is 0 Å². The fourth-order valence-corrected chi connectivity index (χ4v) is 16.3. The molecule has 0 aliphatic carbocycles. The molecule has 7 heteroatoms. The minimum Gasteiger partial charge on any atom is -0.310 e. The van der Waals surface area contributed by atoms with E-state index in [1.807, 2.05) is 18.2 Å². The SMILES string of the molecule is [2H]c1c([2H])c([2H])c2c(c1[2H])c1c([2H])c([2H])c([2H])c([2H])c1n2-c1ccc2c(c1)N(c1c(-c3ccccc3)cc(C(C)(C)C)cc1-c1ccccc1)c1cc(C(C)(C)C)cc3c1B2c1ccc(-n2c4ccc(C(C)(C)C)cc4c4cc(C(C)(C)C)ccc42)cc1N3c1cccc(-n2c3ccccc3c3ccccc32)c1C#N. The van der Waals surface area contributed by atoms with Gasteiger partial charge in [0.25, 0.3) is 6.71 Å². The summed E-state index contributed by atoms with van der Waals surface area (Å²) in [5.41, 5.74) is 21.6. The molecule has 3 aromatic heterocycles. The molecule has 0 atom stereocenters. The summed E-state index contributed by atoms with van der Waals surface area (Å²) in [5, 5.41) is 16.9. The zero-order valence-corrected chi connectivity index (χ0v) is 59.6. The highest BCUT2D eigenvalue weighted by molar-refractivity contribution is 7.00. The van der Waals surface area contributed by atoms with E-state index in [-0.39, 0.29) is 50.1 Å². The Bertz CT molecular complexity index is 6450. The van der Waals surface area contributed by atoms with E-state index in [4.69, 9.17) is 2.74 Å². The Hall–Kier alpha value is -11.6. The van der Waals surface area contributed by atoms with Gasteiger partial charge in [-0.05, 0) is 181 Å². The van der Waals surface area contributed by atoms with Crippen molar-refractivity contribution in [3.63, 3.8) is 0 Å². The number of aromatic nitrogens is 3. The summed E-state index contributed by atoms with van der Waals surface area (Å²) >= 11 is 0. The second kappa shape index (κ2) is 22.7. The lowest BCUT2D eigenvalue weighted by Gasteiger charge is -2.46. The Morgan fingerprint density at radius 3 is 1.24 bits per heavy atom. The van der Waals surface area contributed by atoms with E-state index in [1.54, 1.807) is 4.57 Å². The molecule has 102 heavy (non-hydrogen) atoms. The minimum absolute atomic E-state index is 0.00326. The van der Waals surface area contributed by atoms with Gasteiger partial charge in [0.15, 0.2) is 0 Å². The van der Waals surface area contributed by atoms with Crippen LogP contribution in [0.2, 0.25) is 0 Å². The van der Waals surface area contributed by atoms with E-state index < -0.39 is 48.4 Å². The van der Waals surface area contributed by atoms with Crippen LogP contribution in [0.25, 0.3) is 105 Å². The van der Waals surface area contributed by atoms with Crippen LogP contribution in [0.3, 0.4) is 0 Å². The molecular formula is C95H81BN6. The number of fused-ring (bicyclic) bond motifs is 13. The van der Waals surface area contributed by atoms with Crippen molar-refractivity contribution in [2.24, 2.45) is 0 Å². The van der Waals surface area contributed by atoms with Crippen LogP contribution < -0.4 is 26.2 Å². The molecule has 0 saturated carbocycles. The molecule has 0 N–H and O–H groups in total. The maximum Gasteiger partial charge on any atom is 0.252 e. The largest absolute Gasteiger partial charge is 0.310 e. The molecule has 0 unspecified atom stereocenters. The van der Waals surface area contributed by atoms with Gasteiger partial charge < -0.3 is 23.5 Å². The van der Waals surface area contributed by atoms with Crippen molar-refractivity contribution in [1.82, 2.24) is 13.7 Å². The number of nitrogens with zero attached hydrogens (tertiary/aromatic N) is 6. The summed E-state index contributed by atoms with van der Waals surface area (Å²) in [6, 6.07) is 79.7. The van der Waals surface area contributed by atoms with Crippen LogP contribution in [0.15, 0.2) is 273 Å². The average molecular weight is 1330 g/mol. The summed E-state index contributed by atoms with van der Waals surface area (Å²) in [4.78, 5) is 4.78. The second-order valence-corrected chi connectivity index (χ2v) is 31.9. The van der Waals surface area contributed by atoms with Gasteiger partial charge in [0, 0.05) is 77.6 Å². The zero-order chi connectivity index (χ0) is 77.0. The highest BCUT2D eigenvalue weighted by Gasteiger charge is 2.46. The van der Waals surface area contributed by atoms with E-state index in [9.17, 15) is 13.5 Å². The molecule has 16 aromatic rings. The highest BCUT2D eigenvalue weighted by atomic mass is 15.2. The van der Waals surface area contributed by atoms with Crippen molar-refractivity contribution in [1.29, 1.82) is 5.26 Å². The first kappa shape index (κ1) is 54.3. The Labute approximate surface area is 609 Å². The lowest BCUT2D eigenvalue weighted by molar-refractivity contribution is 0.590. The average Bonchev–Trinajstić information content (AvgIpc) is 1.66. The molecule has 0 amide bonds. The quantitative estimate of drug-likeness (QED) is 0.149. The third kappa shape index (κ3) is 9.66. The lowest BCUT2D eigenvalue weighted by Crippen LogP contribution is -2.61. The summed E-state index contributed by atoms with van der Waals surface area (Å²) in [6.45, 7) is 26.5. The van der Waals surface area contributed by atoms with Gasteiger partial charge in [-0.2, -0.15) is 5.26 Å². The number of hydrogen-bond acceptors (Lipinski definition) is 3. The van der Waals surface area contributed by atoms with Gasteiger partial charge in [-0.1, -0.05) is 247 Å². The predicted octanol–water partition coefficient (Wildman–Crippen LogP) is 23.5. The lowest BCUT2D eigenvalue weighted by atomic mass is 9.33. The van der Waals surface area contributed by atoms with Gasteiger partial charge in [0.2, 0.25) is 0 Å². The maximum atomic E-state index is 12.5. The molecule has 5 heterocycles. The maximum absolute atomic E-state index is 12.5. The van der Waals surface area contributed by atoms with Crippen molar-refractivity contribution in [2.75, 3.05) is 9.80 Å². The third-order valence-corrected chi connectivity index (χ3v) is 21.5. The number of nitriles is 1. The number of hydrogen-bond donors (Lipinski definition) is 0. The molecule has 0 radical (unpaired) electrons. The second-order valence-electron chi connectivity index (χ2n) is 31.9. The number of para-hydroxylation sites is 4. The minimum atomic E-state index is -0.551. The van der Waals surface area contributed by atoms with Crippen LogP contribution in [-0.2, 0) is 21.7 Å². The Balaban J connectivity index is 1.02. The van der Waals surface area contributed by atoms with Crippen molar-refractivity contribution in [3.8, 4) is 45.4 Å². The number of anilines is 6. The van der Waals surface area contributed by atoms with E-state index in [2.05, 4.69) is 314 Å². The molecule has 6 nitrogen and oxygen atoms in total. The third-order valence-electron chi connectivity index (χ3n) is 21.5. The van der Waals surface area contributed by atoms with E-state index in [0.29, 0.717) is 16.9 Å². The predicted molar refractivity (Wildman–Crippen MR) is 434 cm³/mol. The first-order chi connectivity index (χ1) is 52.4. The molecule has 0 spiro atoms. The molecule has 2 aliphatic rings. The highest BCUT2D eigenvalue weighted by Crippen LogP contribution is 2.54. The topological polar surface area (TPSA) is 45.1 Å². The standard InChI is InChI=1S/C95H81BN6/c1-92(2,3)61-42-48-84-73(50-61)74-51-62(93(4,5)6)43-49-85(74)99(84)65-44-46-76-86(56-65)101(83-41-27-40-82(75(83)58-97)100-80-38-25-21-34-69(80)70-35-22-26-39-81(70)100)88-54-64(95(10,11)12)55-89-90(88)96(76)77-47-45-66(98-78-36-23-19-32-67(78)68-33-20-24-37-79(68)98)57-87(77)102(89)91-71(59-28-15-13-16-29-59)52-63(94(7,8)9)53-72(91)60-30-17-14-18-31-60/h13-57H,1-12H3/i19D,20D,23D,24D,32D,33D,36D,37D. The van der Waals surface area contributed by atoms with Gasteiger partial charge >= 0.3 is 0 Å². The first-order valence-electron chi connectivity index (χ1n) is 39.4. The van der Waals surface area contributed by atoms with E-state index in [0.717, 1.165) is 133 Å². The summed E-state index contributed by atoms with van der Waals surface area (Å²) in [6.07, 6.45) is 0. The smallest absolute Gasteiger partial charge is 0.252 e. The fourth-order valence-electron chi connectivity index (χ4n) is 16.3. The van der Waals surface area contributed by atoms with Crippen LogP contribution in [-0.4, -0.2) is 20.4 Å². The number of rotatable bonds is 7. The van der Waals surface area contributed by atoms with Crippen LogP contribution in [0, 0.1) is 11.3 Å². The van der Waals surface area contributed by atoms with Gasteiger partial charge in [0.1, 0.15) is 11.6 Å². The number of benzene rings is 13. The first-order valence-corrected chi connectivity index (χ1v) is 35.4. The molecule has 13 aromatic carbocycles. The molecule has 2 aliphatic heterocycles. The Morgan fingerprint density at radius 2 is 0.745 bits per heavy atom. The van der Waals surface area contributed by atoms with Gasteiger partial charge in [-0.15, -0.1) is 0 Å². The van der Waals surface area contributed by atoms with Crippen LogP contribution in [0.4, 0.5) is 34.1 Å². The van der Waals surface area contributed by atoms with Gasteiger partial charge in [-0.3, -0.25) is 0 Å². The van der Waals surface area contributed by atoms with E-state index in [1.165, 1.54) is 11.1 Å². The van der Waals surface area contributed by atoms with Crippen molar-refractivity contribution < 1.29 is 11.0 Å². The molecule has 0 fully saturated rings. The van der Waals surface area contributed by atoms with Crippen molar-refractivity contribution in [3.05, 3.63) is 301 Å². The van der Waals surface area contributed by atoms with Crippen LogP contribution in [0.1, 0.15) is 122 Å². The summed E-state index contributed by atoms with van der Waals surface area (Å²) in [5.74, 6) is 0. The molecule has 0 saturated heterocycles. The fraction of sp³-hybridized carbons (Fsp3) is 0.168. The van der Waals surface area contributed by atoms with Crippen molar-refractivity contribution in [2.45, 2.75) is 105 Å². The Kier molecular flexibility index (Phi) is 12.1.